The molecular weight excluding hydrogens is 174 g/mol. The molecule has 1 aromatic carbocycles. The third kappa shape index (κ3) is 2.10. The predicted molar refractivity (Wildman–Crippen MR) is 54.3 cm³/mol. The summed E-state index contributed by atoms with van der Waals surface area (Å²) in [6.07, 6.45) is 4.48. The van der Waals surface area contributed by atoms with E-state index in [0.717, 1.165) is 17.1 Å². The third-order valence-electron chi connectivity index (χ3n) is 1.77. The first kappa shape index (κ1) is 8.75. The fourth-order valence-electron chi connectivity index (χ4n) is 1.16. The summed E-state index contributed by atoms with van der Waals surface area (Å²) in [5.74, 6) is 1.56. The van der Waals surface area contributed by atoms with Gasteiger partial charge in [0, 0.05) is 0 Å². The van der Waals surface area contributed by atoms with Crippen molar-refractivity contribution in [1.82, 2.24) is 4.98 Å². The lowest BCUT2D eigenvalue weighted by Gasteiger charge is -2.04. The SMILES string of the molecule is Cc1[c]ncc(Oc2ccccc2)c1. The smallest absolute Gasteiger partial charge is 0.146 e. The Hall–Kier alpha value is -1.83. The van der Waals surface area contributed by atoms with Crippen molar-refractivity contribution in [2.45, 2.75) is 6.92 Å². The maximum absolute atomic E-state index is 5.58. The van der Waals surface area contributed by atoms with Gasteiger partial charge in [-0.2, -0.15) is 0 Å². The summed E-state index contributed by atoms with van der Waals surface area (Å²) in [4.78, 5) is 3.93. The molecule has 0 saturated carbocycles. The molecule has 0 unspecified atom stereocenters. The molecule has 2 heteroatoms. The second kappa shape index (κ2) is 3.92. The summed E-state index contributed by atoms with van der Waals surface area (Å²) >= 11 is 0. The fourth-order valence-corrected chi connectivity index (χ4v) is 1.16. The van der Waals surface area contributed by atoms with E-state index in [9.17, 15) is 0 Å². The highest BCUT2D eigenvalue weighted by Gasteiger charge is 1.96. The van der Waals surface area contributed by atoms with Gasteiger partial charge in [-0.1, -0.05) is 18.2 Å². The molecule has 0 saturated heterocycles. The standard InChI is InChI=1S/C12H10NO/c1-10-7-12(9-13-8-10)14-11-5-3-2-4-6-11/h2-7,9H,1H3. The van der Waals surface area contributed by atoms with Crippen molar-refractivity contribution in [1.29, 1.82) is 0 Å². The second-order valence-corrected chi connectivity index (χ2v) is 3.01. The lowest BCUT2D eigenvalue weighted by molar-refractivity contribution is 0.479. The van der Waals surface area contributed by atoms with Crippen LogP contribution in [0.5, 0.6) is 11.5 Å². The quantitative estimate of drug-likeness (QED) is 0.715. The van der Waals surface area contributed by atoms with E-state index in [0.29, 0.717) is 0 Å². The molecule has 2 aromatic rings. The summed E-state index contributed by atoms with van der Waals surface area (Å²) < 4.78 is 5.58. The lowest BCUT2D eigenvalue weighted by atomic mass is 10.3. The van der Waals surface area contributed by atoms with Gasteiger partial charge in [0.05, 0.1) is 12.4 Å². The zero-order valence-electron chi connectivity index (χ0n) is 7.90. The Morgan fingerprint density at radius 2 is 1.93 bits per heavy atom. The first-order chi connectivity index (χ1) is 6.84. The molecule has 0 aliphatic heterocycles. The molecule has 0 amide bonds. The first-order valence-electron chi connectivity index (χ1n) is 4.42. The van der Waals surface area contributed by atoms with Crippen LogP contribution in [0.2, 0.25) is 0 Å². The fraction of sp³-hybridized carbons (Fsp3) is 0.0833. The van der Waals surface area contributed by atoms with Crippen LogP contribution in [0.4, 0.5) is 0 Å². The molecule has 0 N–H and O–H groups in total. The van der Waals surface area contributed by atoms with Crippen LogP contribution in [0.25, 0.3) is 0 Å². The molecule has 0 fully saturated rings. The van der Waals surface area contributed by atoms with E-state index < -0.39 is 0 Å². The Bertz CT molecular complexity index is 412. The number of benzene rings is 1. The number of nitrogens with zero attached hydrogens (tertiary/aromatic N) is 1. The Morgan fingerprint density at radius 3 is 2.64 bits per heavy atom. The van der Waals surface area contributed by atoms with Gasteiger partial charge in [-0.3, -0.25) is 4.98 Å². The minimum absolute atomic E-state index is 0.743. The monoisotopic (exact) mass is 184 g/mol. The zero-order chi connectivity index (χ0) is 9.80. The van der Waals surface area contributed by atoms with Gasteiger partial charge in [0.1, 0.15) is 11.5 Å². The third-order valence-corrected chi connectivity index (χ3v) is 1.77. The molecule has 0 bridgehead atoms. The normalized spacial score (nSPS) is 9.79. The molecule has 0 atom stereocenters. The van der Waals surface area contributed by atoms with Crippen molar-refractivity contribution in [3.63, 3.8) is 0 Å². The van der Waals surface area contributed by atoms with Gasteiger partial charge >= 0.3 is 0 Å². The number of aryl methyl sites for hydroxylation is 1. The topological polar surface area (TPSA) is 22.1 Å². The van der Waals surface area contributed by atoms with Crippen LogP contribution < -0.4 is 4.74 Å². The summed E-state index contributed by atoms with van der Waals surface area (Å²) in [7, 11) is 0. The zero-order valence-corrected chi connectivity index (χ0v) is 7.90. The van der Waals surface area contributed by atoms with E-state index in [1.807, 2.05) is 43.3 Å². The van der Waals surface area contributed by atoms with Crippen molar-refractivity contribution >= 4 is 0 Å². The minimum Gasteiger partial charge on any atom is -0.456 e. The van der Waals surface area contributed by atoms with Crippen molar-refractivity contribution in [2.24, 2.45) is 0 Å². The number of aromatic nitrogens is 1. The molecule has 0 aliphatic rings. The molecule has 0 spiro atoms. The predicted octanol–water partition coefficient (Wildman–Crippen LogP) is 2.98. The minimum atomic E-state index is 0.743. The van der Waals surface area contributed by atoms with Gasteiger partial charge in [-0.15, -0.1) is 0 Å². The van der Waals surface area contributed by atoms with Gasteiger partial charge in [-0.25, -0.2) is 0 Å². The van der Waals surface area contributed by atoms with Gasteiger partial charge in [-0.05, 0) is 30.7 Å². The molecule has 2 rings (SSSR count). The van der Waals surface area contributed by atoms with Gasteiger partial charge in [0.2, 0.25) is 0 Å². The van der Waals surface area contributed by atoms with Gasteiger partial charge in [0.25, 0.3) is 0 Å². The molecular formula is C12H10NO. The Balaban J connectivity index is 2.19. The van der Waals surface area contributed by atoms with E-state index in [2.05, 4.69) is 11.2 Å². The lowest BCUT2D eigenvalue weighted by Crippen LogP contribution is -1.85. The van der Waals surface area contributed by atoms with Crippen LogP contribution in [0.15, 0.2) is 42.6 Å². The Labute approximate surface area is 83.2 Å². The summed E-state index contributed by atoms with van der Waals surface area (Å²) in [5.41, 5.74) is 0.971. The largest absolute Gasteiger partial charge is 0.456 e. The number of hydrogen-bond donors (Lipinski definition) is 0. The molecule has 14 heavy (non-hydrogen) atoms. The van der Waals surface area contributed by atoms with Gasteiger partial charge in [0.15, 0.2) is 0 Å². The van der Waals surface area contributed by atoms with Crippen LogP contribution in [0.1, 0.15) is 5.56 Å². The molecule has 1 radical (unpaired) electrons. The summed E-state index contributed by atoms with van der Waals surface area (Å²) in [6, 6.07) is 11.5. The summed E-state index contributed by atoms with van der Waals surface area (Å²) in [5, 5.41) is 0. The van der Waals surface area contributed by atoms with Crippen molar-refractivity contribution < 1.29 is 4.74 Å². The van der Waals surface area contributed by atoms with E-state index in [1.54, 1.807) is 6.20 Å². The summed E-state index contributed by atoms with van der Waals surface area (Å²) in [6.45, 7) is 1.94. The number of para-hydroxylation sites is 1. The average Bonchev–Trinajstić information content (AvgIpc) is 2.19. The average molecular weight is 184 g/mol. The van der Waals surface area contributed by atoms with Crippen molar-refractivity contribution in [3.05, 3.63) is 54.4 Å². The highest BCUT2D eigenvalue weighted by molar-refractivity contribution is 5.30. The van der Waals surface area contributed by atoms with E-state index in [1.165, 1.54) is 0 Å². The number of hydrogen-bond acceptors (Lipinski definition) is 2. The van der Waals surface area contributed by atoms with Crippen molar-refractivity contribution in [2.75, 3.05) is 0 Å². The second-order valence-electron chi connectivity index (χ2n) is 3.01. The van der Waals surface area contributed by atoms with Gasteiger partial charge < -0.3 is 4.74 Å². The maximum atomic E-state index is 5.58. The Kier molecular flexibility index (Phi) is 2.45. The molecule has 69 valence electrons. The number of ether oxygens (including phenoxy) is 1. The molecule has 1 aromatic heterocycles. The van der Waals surface area contributed by atoms with E-state index in [4.69, 9.17) is 4.74 Å². The van der Waals surface area contributed by atoms with Crippen LogP contribution in [0.3, 0.4) is 0 Å². The Morgan fingerprint density at radius 1 is 1.14 bits per heavy atom. The maximum Gasteiger partial charge on any atom is 0.146 e. The molecule has 0 aliphatic carbocycles. The van der Waals surface area contributed by atoms with Crippen LogP contribution >= 0.6 is 0 Å². The van der Waals surface area contributed by atoms with E-state index in [-0.39, 0.29) is 0 Å². The highest BCUT2D eigenvalue weighted by atomic mass is 16.5. The van der Waals surface area contributed by atoms with Crippen LogP contribution in [-0.4, -0.2) is 4.98 Å². The molecule has 1 heterocycles. The van der Waals surface area contributed by atoms with Crippen molar-refractivity contribution in [3.8, 4) is 11.5 Å². The van der Waals surface area contributed by atoms with Crippen LogP contribution in [0, 0.1) is 13.1 Å². The first-order valence-corrected chi connectivity index (χ1v) is 4.42. The highest BCUT2D eigenvalue weighted by Crippen LogP contribution is 2.19. The number of rotatable bonds is 2. The van der Waals surface area contributed by atoms with E-state index >= 15 is 0 Å². The molecule has 2 nitrogen and oxygen atoms in total. The number of pyridine rings is 1. The van der Waals surface area contributed by atoms with Crippen LogP contribution in [-0.2, 0) is 0 Å².